The maximum Gasteiger partial charge on any atom is 0.526 e. The maximum absolute atomic E-state index is 11.6. The number of ether oxygens (including phenoxy) is 1. The molecule has 0 atom stereocenters. The average Bonchev–Trinajstić information content (AvgIpc) is 1.55. The first-order valence-electron chi connectivity index (χ1n) is 3.38. The van der Waals surface area contributed by atoms with Crippen LogP contribution in [0.15, 0.2) is 0 Å². The molecular formula is C7H12F3O+. The molecule has 0 N–H and O–H groups in total. The topological polar surface area (TPSA) is 9.23 Å². The van der Waals surface area contributed by atoms with Gasteiger partial charge in [0.15, 0.2) is 0 Å². The van der Waals surface area contributed by atoms with Gasteiger partial charge in [-0.15, -0.1) is 13.2 Å². The minimum atomic E-state index is -4.55. The van der Waals surface area contributed by atoms with E-state index in [2.05, 4.69) is 4.74 Å². The normalized spacial score (nSPS) is 13.3. The first-order valence-corrected chi connectivity index (χ1v) is 3.38. The van der Waals surface area contributed by atoms with E-state index in [9.17, 15) is 13.2 Å². The van der Waals surface area contributed by atoms with Crippen molar-refractivity contribution in [3.8, 4) is 0 Å². The van der Waals surface area contributed by atoms with Crippen molar-refractivity contribution in [2.45, 2.75) is 39.2 Å². The predicted octanol–water partition coefficient (Wildman–Crippen LogP) is 2.92. The fraction of sp³-hybridized carbons (Fsp3) is 0.857. The minimum absolute atomic E-state index is 0.559. The number of hydrogen-bond acceptors (Lipinski definition) is 1. The van der Waals surface area contributed by atoms with Crippen LogP contribution >= 0.6 is 0 Å². The van der Waals surface area contributed by atoms with Crippen LogP contribution in [-0.2, 0) is 4.74 Å². The highest BCUT2D eigenvalue weighted by Crippen LogP contribution is 2.27. The monoisotopic (exact) mass is 169 g/mol. The lowest BCUT2D eigenvalue weighted by Gasteiger charge is -2.18. The molecule has 0 aliphatic carbocycles. The summed E-state index contributed by atoms with van der Waals surface area (Å²) in [7, 11) is 0. The van der Waals surface area contributed by atoms with Crippen molar-refractivity contribution in [2.24, 2.45) is 0 Å². The molecule has 0 aromatic rings. The summed E-state index contributed by atoms with van der Waals surface area (Å²) in [5.74, 6) is 0. The van der Waals surface area contributed by atoms with Crippen LogP contribution < -0.4 is 0 Å². The average molecular weight is 169 g/mol. The lowest BCUT2D eigenvalue weighted by molar-refractivity contribution is -0.355. The molecule has 0 aromatic carbocycles. The summed E-state index contributed by atoms with van der Waals surface area (Å²) in [4.78, 5) is 0. The van der Waals surface area contributed by atoms with E-state index in [4.69, 9.17) is 0 Å². The van der Waals surface area contributed by atoms with Gasteiger partial charge in [0.1, 0.15) is 6.42 Å². The Hall–Kier alpha value is -0.380. The standard InChI is InChI=1S/C7H12F3O/c1-4-5-6(2,3)11-7(8,9)10/h5H,4H2,1-3H3/q+1. The van der Waals surface area contributed by atoms with E-state index in [1.165, 1.54) is 20.3 Å². The second kappa shape index (κ2) is 3.34. The molecule has 0 amide bonds. The molecule has 0 heterocycles. The molecule has 0 spiro atoms. The summed E-state index contributed by atoms with van der Waals surface area (Å²) >= 11 is 0. The molecular weight excluding hydrogens is 157 g/mol. The largest absolute Gasteiger partial charge is 0.526 e. The molecule has 0 fully saturated rings. The minimum Gasteiger partial charge on any atom is -0.244 e. The molecule has 0 rings (SSSR count). The fourth-order valence-electron chi connectivity index (χ4n) is 0.832. The third-order valence-corrected chi connectivity index (χ3v) is 1.07. The number of hydrogen-bond donors (Lipinski definition) is 0. The molecule has 4 heteroatoms. The Kier molecular flexibility index (Phi) is 3.23. The van der Waals surface area contributed by atoms with Crippen molar-refractivity contribution in [1.29, 1.82) is 0 Å². The molecule has 0 aliphatic heterocycles. The van der Waals surface area contributed by atoms with Gasteiger partial charge in [-0.2, -0.15) is 0 Å². The third-order valence-electron chi connectivity index (χ3n) is 1.07. The molecule has 1 nitrogen and oxygen atoms in total. The van der Waals surface area contributed by atoms with Gasteiger partial charge >= 0.3 is 6.36 Å². The second-order valence-corrected chi connectivity index (χ2v) is 2.76. The summed E-state index contributed by atoms with van der Waals surface area (Å²) in [6, 6.07) is 0. The molecule has 0 aliphatic rings. The van der Waals surface area contributed by atoms with Gasteiger partial charge in [-0.25, -0.2) is 4.74 Å². The lowest BCUT2D eigenvalue weighted by Crippen LogP contribution is -2.32. The quantitative estimate of drug-likeness (QED) is 0.590. The van der Waals surface area contributed by atoms with Crippen molar-refractivity contribution < 1.29 is 17.9 Å². The Morgan fingerprint density at radius 1 is 1.27 bits per heavy atom. The van der Waals surface area contributed by atoms with E-state index in [1.54, 1.807) is 6.92 Å². The van der Waals surface area contributed by atoms with Gasteiger partial charge in [-0.1, -0.05) is 0 Å². The third kappa shape index (κ3) is 6.04. The van der Waals surface area contributed by atoms with Gasteiger partial charge in [0.2, 0.25) is 5.60 Å². The van der Waals surface area contributed by atoms with E-state index in [0.29, 0.717) is 6.42 Å². The predicted molar refractivity (Wildman–Crippen MR) is 35.8 cm³/mol. The Balaban J connectivity index is 3.91. The summed E-state index contributed by atoms with van der Waals surface area (Å²) in [5, 5.41) is 0. The number of halogens is 3. The first-order chi connectivity index (χ1) is 4.77. The molecule has 0 aromatic heterocycles. The molecule has 0 radical (unpaired) electrons. The molecule has 0 unspecified atom stereocenters. The van der Waals surface area contributed by atoms with Crippen LogP contribution in [0, 0.1) is 6.42 Å². The molecule has 11 heavy (non-hydrogen) atoms. The highest BCUT2D eigenvalue weighted by molar-refractivity contribution is 4.85. The van der Waals surface area contributed by atoms with Crippen LogP contribution in [0.2, 0.25) is 0 Å². The number of rotatable bonds is 3. The van der Waals surface area contributed by atoms with Crippen molar-refractivity contribution in [2.75, 3.05) is 0 Å². The zero-order valence-corrected chi connectivity index (χ0v) is 6.83. The van der Waals surface area contributed by atoms with Crippen LogP contribution in [0.3, 0.4) is 0 Å². The SMILES string of the molecule is CC[CH+]C(C)(C)OC(F)(F)F. The maximum atomic E-state index is 11.6. The van der Waals surface area contributed by atoms with E-state index < -0.39 is 12.0 Å². The smallest absolute Gasteiger partial charge is 0.244 e. The molecule has 66 valence electrons. The van der Waals surface area contributed by atoms with Gasteiger partial charge in [0, 0.05) is 13.8 Å². The Labute approximate surface area is 64.5 Å². The Morgan fingerprint density at radius 3 is 2.00 bits per heavy atom. The van der Waals surface area contributed by atoms with Crippen molar-refractivity contribution in [1.82, 2.24) is 0 Å². The zero-order valence-electron chi connectivity index (χ0n) is 6.83. The van der Waals surface area contributed by atoms with Crippen LogP contribution in [0.25, 0.3) is 0 Å². The highest BCUT2D eigenvalue weighted by atomic mass is 19.4. The highest BCUT2D eigenvalue weighted by Gasteiger charge is 2.42. The summed E-state index contributed by atoms with van der Waals surface area (Å²) < 4.78 is 38.7. The van der Waals surface area contributed by atoms with Gasteiger partial charge in [-0.05, 0) is 6.92 Å². The number of alkyl halides is 3. The fourth-order valence-corrected chi connectivity index (χ4v) is 0.832. The van der Waals surface area contributed by atoms with Gasteiger partial charge < -0.3 is 0 Å². The van der Waals surface area contributed by atoms with Crippen LogP contribution in [0.4, 0.5) is 13.2 Å². The van der Waals surface area contributed by atoms with E-state index in [0.717, 1.165) is 0 Å². The summed E-state index contributed by atoms with van der Waals surface area (Å²) in [5.41, 5.74) is -1.22. The van der Waals surface area contributed by atoms with Crippen LogP contribution in [0.5, 0.6) is 0 Å². The van der Waals surface area contributed by atoms with Crippen molar-refractivity contribution >= 4 is 0 Å². The van der Waals surface area contributed by atoms with E-state index in [1.807, 2.05) is 0 Å². The summed E-state index contributed by atoms with van der Waals surface area (Å²) in [6.45, 7) is 4.52. The van der Waals surface area contributed by atoms with Crippen LogP contribution in [-0.4, -0.2) is 12.0 Å². The van der Waals surface area contributed by atoms with Gasteiger partial charge in [0.25, 0.3) is 0 Å². The summed E-state index contributed by atoms with van der Waals surface area (Å²) in [6.07, 6.45) is -2.52. The molecule has 0 saturated heterocycles. The molecule has 0 bridgehead atoms. The van der Waals surface area contributed by atoms with E-state index in [-0.39, 0.29) is 0 Å². The Morgan fingerprint density at radius 2 is 1.73 bits per heavy atom. The lowest BCUT2D eigenvalue weighted by atomic mass is 10.0. The second-order valence-electron chi connectivity index (χ2n) is 2.76. The molecule has 0 saturated carbocycles. The van der Waals surface area contributed by atoms with Gasteiger partial charge in [0.05, 0.1) is 6.42 Å². The first kappa shape index (κ1) is 10.6. The zero-order chi connectivity index (χ0) is 9.12. The van der Waals surface area contributed by atoms with Crippen molar-refractivity contribution in [3.63, 3.8) is 0 Å². The Bertz CT molecular complexity index is 117. The van der Waals surface area contributed by atoms with Crippen LogP contribution in [0.1, 0.15) is 27.2 Å². The van der Waals surface area contributed by atoms with Gasteiger partial charge in [-0.3, -0.25) is 0 Å². The van der Waals surface area contributed by atoms with E-state index >= 15 is 0 Å². The van der Waals surface area contributed by atoms with Crippen molar-refractivity contribution in [3.05, 3.63) is 6.42 Å².